The zero-order valence-corrected chi connectivity index (χ0v) is 35.6. The number of ether oxygens (including phenoxy) is 2. The largest absolute Gasteiger partial charge is 0.481 e. The monoisotopic (exact) mass is 921 g/mol. The maximum absolute atomic E-state index is 14.7. The second-order valence-electron chi connectivity index (χ2n) is 15.4. The summed E-state index contributed by atoms with van der Waals surface area (Å²) >= 11 is 0. The van der Waals surface area contributed by atoms with Crippen molar-refractivity contribution in [1.29, 1.82) is 0 Å². The van der Waals surface area contributed by atoms with Gasteiger partial charge < -0.3 is 20.1 Å². The third kappa shape index (κ3) is 8.73. The lowest BCUT2D eigenvalue weighted by atomic mass is 10.00. The Kier molecular flexibility index (Phi) is 11.6. The van der Waals surface area contributed by atoms with Crippen molar-refractivity contribution in [2.24, 2.45) is 0 Å². The lowest BCUT2D eigenvalue weighted by Gasteiger charge is -2.34. The molecule has 2 amide bonds. The van der Waals surface area contributed by atoms with Crippen molar-refractivity contribution in [3.05, 3.63) is 148 Å². The van der Waals surface area contributed by atoms with E-state index in [1.807, 2.05) is 4.90 Å². The van der Waals surface area contributed by atoms with E-state index in [9.17, 15) is 35.9 Å². The van der Waals surface area contributed by atoms with Crippen LogP contribution in [-0.2, 0) is 17.1 Å². The van der Waals surface area contributed by atoms with Crippen LogP contribution < -0.4 is 15.4 Å². The van der Waals surface area contributed by atoms with Gasteiger partial charge in [-0.3, -0.25) is 14.5 Å². The van der Waals surface area contributed by atoms with E-state index >= 15 is 0 Å². The van der Waals surface area contributed by atoms with Crippen LogP contribution in [0.1, 0.15) is 60.7 Å². The number of fused-ring (bicyclic) bond motifs is 2. The molecule has 1 aliphatic heterocycles. The first-order valence-electron chi connectivity index (χ1n) is 20.6. The van der Waals surface area contributed by atoms with E-state index in [4.69, 9.17) is 19.6 Å². The van der Waals surface area contributed by atoms with E-state index in [1.165, 1.54) is 76.9 Å². The zero-order valence-electron chi connectivity index (χ0n) is 35.6. The number of methoxy groups -OCH3 is 1. The van der Waals surface area contributed by atoms with E-state index in [0.717, 1.165) is 12.1 Å². The minimum atomic E-state index is -4.78. The molecule has 1 atom stereocenters. The summed E-state index contributed by atoms with van der Waals surface area (Å²) in [5.74, 6) is -0.985. The molecule has 9 rings (SSSR count). The van der Waals surface area contributed by atoms with Crippen LogP contribution in [0.2, 0.25) is 0 Å². The summed E-state index contributed by atoms with van der Waals surface area (Å²) in [5.41, 5.74) is -1.52. The number of amides is 2. The van der Waals surface area contributed by atoms with Crippen LogP contribution in [0.5, 0.6) is 5.88 Å². The highest BCUT2D eigenvalue weighted by Crippen LogP contribution is 2.40. The van der Waals surface area contributed by atoms with Crippen LogP contribution in [0.4, 0.5) is 38.0 Å². The van der Waals surface area contributed by atoms with Gasteiger partial charge in [-0.25, -0.2) is 24.0 Å². The summed E-state index contributed by atoms with van der Waals surface area (Å²) < 4.78 is 99.6. The summed E-state index contributed by atoms with van der Waals surface area (Å²) in [6.07, 6.45) is -8.03. The molecule has 1 aliphatic rings. The van der Waals surface area contributed by atoms with E-state index in [2.05, 4.69) is 30.7 Å². The number of carbonyl (C=O) groups is 2. The summed E-state index contributed by atoms with van der Waals surface area (Å²) in [4.78, 5) is 48.6. The Morgan fingerprint density at radius 2 is 1.24 bits per heavy atom. The minimum absolute atomic E-state index is 0.00579. The molecular weight excluding hydrogens is 885 g/mol. The van der Waals surface area contributed by atoms with Crippen LogP contribution in [0, 0.1) is 13.8 Å². The Labute approximate surface area is 376 Å². The van der Waals surface area contributed by atoms with Gasteiger partial charge in [-0.1, -0.05) is 48.5 Å². The molecule has 8 aromatic rings. The van der Waals surface area contributed by atoms with Gasteiger partial charge in [-0.05, 0) is 56.3 Å². The lowest BCUT2D eigenvalue weighted by Crippen LogP contribution is -2.40. The van der Waals surface area contributed by atoms with Crippen LogP contribution >= 0.6 is 0 Å². The molecule has 1 fully saturated rings. The first-order valence-corrected chi connectivity index (χ1v) is 20.6. The molecule has 7 heterocycles. The Balaban J connectivity index is 1.16. The number of nitrogens with zero attached hydrogens (tertiary/aromatic N) is 9. The smallest absolute Gasteiger partial charge is 0.417 e. The molecule has 15 nitrogen and oxygen atoms in total. The number of aromatic nitrogens is 8. The average Bonchev–Trinajstić information content (AvgIpc) is 3.83. The van der Waals surface area contributed by atoms with Crippen LogP contribution in [0.15, 0.2) is 103 Å². The average molecular weight is 922 g/mol. The molecule has 0 bridgehead atoms. The lowest BCUT2D eigenvalue weighted by molar-refractivity contribution is -0.137. The highest BCUT2D eigenvalue weighted by atomic mass is 19.4. The van der Waals surface area contributed by atoms with Crippen molar-refractivity contribution in [3.63, 3.8) is 0 Å². The first kappa shape index (κ1) is 44.4. The number of benzene rings is 2. The molecule has 0 spiro atoms. The summed E-state index contributed by atoms with van der Waals surface area (Å²) in [6, 6.07) is 21.5. The number of halogens is 6. The molecule has 1 unspecified atom stereocenters. The third-order valence-electron chi connectivity index (χ3n) is 11.1. The maximum Gasteiger partial charge on any atom is 0.417 e. The number of anilines is 2. The van der Waals surface area contributed by atoms with Gasteiger partial charge in [-0.2, -0.15) is 41.5 Å². The fraction of sp³-hybridized carbons (Fsp3) is 0.217. The number of pyridine rings is 2. The van der Waals surface area contributed by atoms with Gasteiger partial charge in [0, 0.05) is 36.5 Å². The van der Waals surface area contributed by atoms with Gasteiger partial charge in [0.2, 0.25) is 5.88 Å². The standard InChI is InChI=1S/C46H37F6N11O4/c1-25-38(41-54-31(18-19-62(41)59-25)27-10-4-6-12-29(27)45(47,48)49)43(64)57-35-15-8-14-32(53-35)40(61-20-22-67-23-21-61)34-24-33(28-11-5-7-13-30(28)46(50,51)52)55-42-39(26(2)60-63(34)42)44(65)58-36-16-9-17-37(56-36)66-3/h4-19,24,40H,20-23H2,1-3H3,(H,53,57,64)(H,56,58,65). The minimum Gasteiger partial charge on any atom is -0.481 e. The van der Waals surface area contributed by atoms with Crippen molar-refractivity contribution in [2.45, 2.75) is 32.2 Å². The van der Waals surface area contributed by atoms with Crippen molar-refractivity contribution >= 4 is 34.7 Å². The highest BCUT2D eigenvalue weighted by Gasteiger charge is 2.37. The van der Waals surface area contributed by atoms with Gasteiger partial charge in [0.25, 0.3) is 11.8 Å². The van der Waals surface area contributed by atoms with E-state index < -0.39 is 41.3 Å². The quantitative estimate of drug-likeness (QED) is 0.126. The van der Waals surface area contributed by atoms with Crippen molar-refractivity contribution in [2.75, 3.05) is 44.0 Å². The van der Waals surface area contributed by atoms with Crippen LogP contribution in [0.25, 0.3) is 33.8 Å². The Hall–Kier alpha value is -7.78. The van der Waals surface area contributed by atoms with Crippen molar-refractivity contribution < 1.29 is 45.4 Å². The number of carbonyl (C=O) groups excluding carboxylic acids is 2. The molecule has 2 aromatic carbocycles. The summed E-state index contributed by atoms with van der Waals surface area (Å²) in [6.45, 7) is 4.39. The fourth-order valence-corrected chi connectivity index (χ4v) is 8.10. The number of hydrogen-bond acceptors (Lipinski definition) is 11. The molecule has 21 heteroatoms. The Morgan fingerprint density at radius 1 is 0.672 bits per heavy atom. The van der Waals surface area contributed by atoms with E-state index in [-0.39, 0.29) is 79.5 Å². The number of morpholine rings is 1. The molecule has 342 valence electrons. The second-order valence-corrected chi connectivity index (χ2v) is 15.4. The normalized spacial score (nSPS) is 14.0. The van der Waals surface area contributed by atoms with Gasteiger partial charge >= 0.3 is 12.4 Å². The van der Waals surface area contributed by atoms with Gasteiger partial charge in [0.1, 0.15) is 22.8 Å². The van der Waals surface area contributed by atoms with E-state index in [1.54, 1.807) is 44.2 Å². The summed E-state index contributed by atoms with van der Waals surface area (Å²) in [7, 11) is 1.42. The number of aryl methyl sites for hydroxylation is 2. The predicted molar refractivity (Wildman–Crippen MR) is 231 cm³/mol. The number of hydrogen-bond donors (Lipinski definition) is 2. The van der Waals surface area contributed by atoms with Gasteiger partial charge in [-0.15, -0.1) is 0 Å². The molecular formula is C46H37F6N11O4. The predicted octanol–water partition coefficient (Wildman–Crippen LogP) is 8.49. The third-order valence-corrected chi connectivity index (χ3v) is 11.1. The molecule has 67 heavy (non-hydrogen) atoms. The van der Waals surface area contributed by atoms with E-state index in [0.29, 0.717) is 32.0 Å². The first-order chi connectivity index (χ1) is 32.1. The second kappa shape index (κ2) is 17.5. The topological polar surface area (TPSA) is 166 Å². The molecule has 1 saturated heterocycles. The number of rotatable bonds is 10. The van der Waals surface area contributed by atoms with Crippen molar-refractivity contribution in [1.82, 2.24) is 44.1 Å². The van der Waals surface area contributed by atoms with Crippen molar-refractivity contribution in [3.8, 4) is 28.4 Å². The summed E-state index contributed by atoms with van der Waals surface area (Å²) in [5, 5.41) is 14.6. The number of nitrogens with one attached hydrogen (secondary N) is 2. The zero-order chi connectivity index (χ0) is 47.2. The molecule has 2 N–H and O–H groups in total. The Bertz CT molecular complexity index is 3200. The molecule has 0 saturated carbocycles. The maximum atomic E-state index is 14.7. The van der Waals surface area contributed by atoms with Gasteiger partial charge in [0.05, 0.1) is 71.7 Å². The molecule has 0 aliphatic carbocycles. The van der Waals surface area contributed by atoms with Crippen LogP contribution in [-0.4, -0.2) is 89.3 Å². The SMILES string of the molecule is COc1cccc(NC(=O)c2c(C)nn3c(C(c4cccc(NC(=O)c5c(C)nn6ccc(-c7ccccc7C(F)(F)F)nc56)n4)N4CCOCC4)cc(-c4ccccc4C(F)(F)F)nc23)n1. The Morgan fingerprint density at radius 3 is 1.88 bits per heavy atom. The fourth-order valence-electron chi connectivity index (χ4n) is 8.10. The number of alkyl halides is 6. The van der Waals surface area contributed by atoms with Gasteiger partial charge in [0.15, 0.2) is 11.3 Å². The molecule has 6 aromatic heterocycles. The molecule has 0 radical (unpaired) electrons. The van der Waals surface area contributed by atoms with Crippen LogP contribution in [0.3, 0.4) is 0 Å². The highest BCUT2D eigenvalue weighted by molar-refractivity contribution is 6.09.